The first-order valence-corrected chi connectivity index (χ1v) is 6.87. The van der Waals surface area contributed by atoms with Gasteiger partial charge in [-0.15, -0.1) is 0 Å². The van der Waals surface area contributed by atoms with Crippen molar-refractivity contribution in [2.75, 3.05) is 5.32 Å². The first-order chi connectivity index (χ1) is 9.90. The SMILES string of the molecule is O=[N+]([O-])c1cccc(Cl)c1CNc1c(F)cc(Br)cc1F. The highest BCUT2D eigenvalue weighted by molar-refractivity contribution is 9.10. The number of rotatable bonds is 4. The molecule has 0 heterocycles. The molecule has 0 bridgehead atoms. The van der Waals surface area contributed by atoms with E-state index in [0.29, 0.717) is 0 Å². The van der Waals surface area contributed by atoms with Crippen LogP contribution in [0.25, 0.3) is 0 Å². The molecule has 0 aliphatic rings. The van der Waals surface area contributed by atoms with Gasteiger partial charge < -0.3 is 5.32 Å². The molecular weight excluding hydrogens is 370 g/mol. The van der Waals surface area contributed by atoms with Gasteiger partial charge >= 0.3 is 0 Å². The van der Waals surface area contributed by atoms with Crippen LogP contribution in [0.4, 0.5) is 20.2 Å². The Bertz CT molecular complexity index is 690. The Balaban J connectivity index is 2.31. The maximum absolute atomic E-state index is 13.7. The number of benzene rings is 2. The Hall–Kier alpha value is -1.73. The van der Waals surface area contributed by atoms with E-state index in [9.17, 15) is 18.9 Å². The van der Waals surface area contributed by atoms with Crippen molar-refractivity contribution < 1.29 is 13.7 Å². The predicted octanol–water partition coefficient (Wildman–Crippen LogP) is 4.90. The summed E-state index contributed by atoms with van der Waals surface area (Å²) >= 11 is 8.87. The summed E-state index contributed by atoms with van der Waals surface area (Å²) in [5.41, 5.74) is -0.425. The molecule has 0 unspecified atom stereocenters. The van der Waals surface area contributed by atoms with E-state index in [-0.39, 0.29) is 33.0 Å². The molecule has 8 heteroatoms. The number of nitrogens with one attached hydrogen (secondary N) is 1. The Kier molecular flexibility index (Phi) is 4.74. The van der Waals surface area contributed by atoms with Gasteiger partial charge in [-0.25, -0.2) is 8.78 Å². The zero-order valence-corrected chi connectivity index (χ0v) is 12.7. The van der Waals surface area contributed by atoms with E-state index in [0.717, 1.165) is 12.1 Å². The molecule has 0 amide bonds. The van der Waals surface area contributed by atoms with Gasteiger partial charge in [0.2, 0.25) is 0 Å². The molecule has 0 aliphatic carbocycles. The van der Waals surface area contributed by atoms with Crippen molar-refractivity contribution in [1.82, 2.24) is 0 Å². The van der Waals surface area contributed by atoms with Crippen molar-refractivity contribution in [3.63, 3.8) is 0 Å². The van der Waals surface area contributed by atoms with Crippen molar-refractivity contribution in [3.8, 4) is 0 Å². The molecule has 0 fully saturated rings. The normalized spacial score (nSPS) is 10.5. The van der Waals surface area contributed by atoms with Gasteiger partial charge in [0.15, 0.2) is 0 Å². The molecule has 21 heavy (non-hydrogen) atoms. The zero-order chi connectivity index (χ0) is 15.6. The first-order valence-electron chi connectivity index (χ1n) is 5.70. The molecule has 2 aromatic rings. The molecule has 2 aromatic carbocycles. The maximum Gasteiger partial charge on any atom is 0.275 e. The number of halogens is 4. The molecule has 0 aromatic heterocycles. The highest BCUT2D eigenvalue weighted by atomic mass is 79.9. The number of nitro benzene ring substituents is 1. The fourth-order valence-electron chi connectivity index (χ4n) is 1.78. The van der Waals surface area contributed by atoms with Crippen LogP contribution in [0.3, 0.4) is 0 Å². The average molecular weight is 378 g/mol. The van der Waals surface area contributed by atoms with Crippen molar-refractivity contribution in [3.05, 3.63) is 67.1 Å². The van der Waals surface area contributed by atoms with Gasteiger partial charge in [-0.3, -0.25) is 10.1 Å². The van der Waals surface area contributed by atoms with Crippen LogP contribution in [0.5, 0.6) is 0 Å². The van der Waals surface area contributed by atoms with Crippen LogP contribution in [-0.4, -0.2) is 4.92 Å². The molecular formula is C13H8BrClF2N2O2. The van der Waals surface area contributed by atoms with Crippen molar-refractivity contribution in [1.29, 1.82) is 0 Å². The summed E-state index contributed by atoms with van der Waals surface area (Å²) in [4.78, 5) is 10.3. The molecule has 110 valence electrons. The predicted molar refractivity (Wildman–Crippen MR) is 79.5 cm³/mol. The molecule has 4 nitrogen and oxygen atoms in total. The summed E-state index contributed by atoms with van der Waals surface area (Å²) in [7, 11) is 0. The molecule has 0 aliphatic heterocycles. The summed E-state index contributed by atoms with van der Waals surface area (Å²) in [6, 6.07) is 6.36. The third kappa shape index (κ3) is 3.48. The van der Waals surface area contributed by atoms with Gasteiger partial charge in [-0.2, -0.15) is 0 Å². The fraction of sp³-hybridized carbons (Fsp3) is 0.0769. The topological polar surface area (TPSA) is 55.2 Å². The first kappa shape index (κ1) is 15.7. The van der Waals surface area contributed by atoms with Crippen LogP contribution in [-0.2, 0) is 6.54 Å². The number of nitro groups is 1. The maximum atomic E-state index is 13.7. The Labute approximate surface area is 132 Å². The minimum Gasteiger partial charge on any atom is -0.376 e. The van der Waals surface area contributed by atoms with E-state index < -0.39 is 16.6 Å². The fourth-order valence-corrected chi connectivity index (χ4v) is 2.42. The highest BCUT2D eigenvalue weighted by Gasteiger charge is 2.18. The molecule has 0 spiro atoms. The Morgan fingerprint density at radius 2 is 1.90 bits per heavy atom. The van der Waals surface area contributed by atoms with Crippen LogP contribution in [0.1, 0.15) is 5.56 Å². The molecule has 0 radical (unpaired) electrons. The smallest absolute Gasteiger partial charge is 0.275 e. The van der Waals surface area contributed by atoms with E-state index in [2.05, 4.69) is 21.2 Å². The second kappa shape index (κ2) is 6.36. The van der Waals surface area contributed by atoms with Gasteiger partial charge in [0.05, 0.1) is 15.5 Å². The summed E-state index contributed by atoms with van der Waals surface area (Å²) in [6.45, 7) is -0.175. The van der Waals surface area contributed by atoms with E-state index in [1.54, 1.807) is 0 Å². The summed E-state index contributed by atoms with van der Waals surface area (Å²) in [5.74, 6) is -1.62. The van der Waals surface area contributed by atoms with E-state index in [1.807, 2.05) is 0 Å². The Morgan fingerprint density at radius 1 is 1.29 bits per heavy atom. The van der Waals surface area contributed by atoms with Crippen molar-refractivity contribution in [2.24, 2.45) is 0 Å². The number of hydrogen-bond donors (Lipinski definition) is 1. The summed E-state index contributed by atoms with van der Waals surface area (Å²) in [5, 5.41) is 13.6. The van der Waals surface area contributed by atoms with E-state index in [1.165, 1.54) is 18.2 Å². The second-order valence-corrected chi connectivity index (χ2v) is 5.42. The molecule has 0 saturated carbocycles. The summed E-state index contributed by atoms with van der Waals surface area (Å²) < 4.78 is 27.6. The van der Waals surface area contributed by atoms with Gasteiger partial charge in [0.1, 0.15) is 17.3 Å². The minimum atomic E-state index is -0.809. The average Bonchev–Trinajstić information content (AvgIpc) is 2.38. The van der Waals surface area contributed by atoms with Gasteiger partial charge in [0.25, 0.3) is 5.69 Å². The lowest BCUT2D eigenvalue weighted by Gasteiger charge is -2.10. The largest absolute Gasteiger partial charge is 0.376 e. The van der Waals surface area contributed by atoms with Crippen LogP contribution in [0, 0.1) is 21.7 Å². The van der Waals surface area contributed by atoms with Crippen LogP contribution in [0.15, 0.2) is 34.8 Å². The number of hydrogen-bond acceptors (Lipinski definition) is 3. The van der Waals surface area contributed by atoms with Gasteiger partial charge in [-0.1, -0.05) is 33.6 Å². The number of anilines is 1. The standard InChI is InChI=1S/C13H8BrClF2N2O2/c14-7-4-10(16)13(11(17)5-7)18-6-8-9(15)2-1-3-12(8)19(20)21/h1-5,18H,6H2. The van der Waals surface area contributed by atoms with Gasteiger partial charge in [0, 0.05) is 17.1 Å². The summed E-state index contributed by atoms with van der Waals surface area (Å²) in [6.07, 6.45) is 0. The van der Waals surface area contributed by atoms with Crippen molar-refractivity contribution in [2.45, 2.75) is 6.54 Å². The third-order valence-corrected chi connectivity index (χ3v) is 3.55. The lowest BCUT2D eigenvalue weighted by atomic mass is 10.1. The monoisotopic (exact) mass is 376 g/mol. The second-order valence-electron chi connectivity index (χ2n) is 4.09. The van der Waals surface area contributed by atoms with Crippen molar-refractivity contribution >= 4 is 38.9 Å². The molecule has 1 N–H and O–H groups in total. The molecule has 2 rings (SSSR count). The quantitative estimate of drug-likeness (QED) is 0.609. The zero-order valence-electron chi connectivity index (χ0n) is 10.4. The number of nitrogens with zero attached hydrogens (tertiary/aromatic N) is 1. The lowest BCUT2D eigenvalue weighted by Crippen LogP contribution is -2.07. The third-order valence-electron chi connectivity index (χ3n) is 2.74. The molecule has 0 atom stereocenters. The highest BCUT2D eigenvalue weighted by Crippen LogP contribution is 2.29. The van der Waals surface area contributed by atoms with Crippen LogP contribution >= 0.6 is 27.5 Å². The minimum absolute atomic E-state index is 0.148. The van der Waals surface area contributed by atoms with Crippen LogP contribution < -0.4 is 5.32 Å². The van der Waals surface area contributed by atoms with E-state index in [4.69, 9.17) is 11.6 Å². The van der Waals surface area contributed by atoms with E-state index >= 15 is 0 Å². The molecule has 0 saturated heterocycles. The Morgan fingerprint density at radius 3 is 2.48 bits per heavy atom. The van der Waals surface area contributed by atoms with Gasteiger partial charge in [-0.05, 0) is 18.2 Å². The van der Waals surface area contributed by atoms with Crippen LogP contribution in [0.2, 0.25) is 5.02 Å². The lowest BCUT2D eigenvalue weighted by molar-refractivity contribution is -0.385.